The lowest BCUT2D eigenvalue weighted by atomic mass is 10.1. The van der Waals surface area contributed by atoms with E-state index in [1.807, 2.05) is 0 Å². The Balaban J connectivity index is 1.75. The molecule has 0 aromatic heterocycles. The summed E-state index contributed by atoms with van der Waals surface area (Å²) < 4.78 is 14.0. The van der Waals surface area contributed by atoms with Crippen molar-refractivity contribution in [2.75, 3.05) is 6.54 Å². The summed E-state index contributed by atoms with van der Waals surface area (Å²) in [6.07, 6.45) is 3.84. The Hall–Kier alpha value is -1.62. The Morgan fingerprint density at radius 3 is 2.89 bits per heavy atom. The van der Waals surface area contributed by atoms with Crippen LogP contribution < -0.4 is 5.73 Å². The number of halogens is 1. The summed E-state index contributed by atoms with van der Waals surface area (Å²) in [7, 11) is 0. The summed E-state index contributed by atoms with van der Waals surface area (Å²) >= 11 is 0. The topological polar surface area (TPSA) is 61.9 Å². The largest absolute Gasteiger partial charge is 0.409 e. The first-order chi connectivity index (χ1) is 9.17. The van der Waals surface area contributed by atoms with Gasteiger partial charge in [0.2, 0.25) is 0 Å². The first-order valence-electron chi connectivity index (χ1n) is 6.67. The van der Waals surface area contributed by atoms with Crippen LogP contribution in [0.25, 0.3) is 0 Å². The lowest BCUT2D eigenvalue weighted by Crippen LogP contribution is -2.31. The van der Waals surface area contributed by atoms with E-state index in [-0.39, 0.29) is 11.7 Å². The molecule has 4 nitrogen and oxygen atoms in total. The Kier molecular flexibility index (Phi) is 3.14. The van der Waals surface area contributed by atoms with Gasteiger partial charge >= 0.3 is 0 Å². The molecule has 0 amide bonds. The van der Waals surface area contributed by atoms with Crippen molar-refractivity contribution in [1.29, 1.82) is 0 Å². The van der Waals surface area contributed by atoms with Gasteiger partial charge in [-0.2, -0.15) is 0 Å². The Labute approximate surface area is 111 Å². The van der Waals surface area contributed by atoms with Crippen LogP contribution in [0.4, 0.5) is 4.39 Å². The fourth-order valence-electron chi connectivity index (χ4n) is 3.33. The molecule has 1 saturated heterocycles. The average Bonchev–Trinajstić information content (AvgIpc) is 3.02. The molecule has 1 heterocycles. The number of hydrogen-bond acceptors (Lipinski definition) is 3. The molecule has 1 saturated carbocycles. The fourth-order valence-corrected chi connectivity index (χ4v) is 3.33. The van der Waals surface area contributed by atoms with E-state index in [1.54, 1.807) is 12.1 Å². The summed E-state index contributed by atoms with van der Waals surface area (Å²) in [6.45, 7) is 1.75. The van der Waals surface area contributed by atoms with Gasteiger partial charge in [-0.05, 0) is 31.2 Å². The Morgan fingerprint density at radius 1 is 1.47 bits per heavy atom. The van der Waals surface area contributed by atoms with Gasteiger partial charge in [0, 0.05) is 30.3 Å². The molecule has 1 aliphatic carbocycles. The molecular weight excluding hydrogens is 245 g/mol. The maximum Gasteiger partial charge on any atom is 0.170 e. The highest BCUT2D eigenvalue weighted by Gasteiger charge is 2.37. The van der Waals surface area contributed by atoms with Crippen molar-refractivity contribution in [3.8, 4) is 0 Å². The third-order valence-corrected chi connectivity index (χ3v) is 4.35. The second-order valence-corrected chi connectivity index (χ2v) is 5.55. The number of oxime groups is 1. The van der Waals surface area contributed by atoms with Crippen LogP contribution in [-0.4, -0.2) is 28.5 Å². The van der Waals surface area contributed by atoms with Gasteiger partial charge in [-0.1, -0.05) is 17.3 Å². The molecule has 5 heteroatoms. The van der Waals surface area contributed by atoms with E-state index < -0.39 is 0 Å². The number of nitrogens with zero attached hydrogens (tertiary/aromatic N) is 2. The van der Waals surface area contributed by atoms with Crippen molar-refractivity contribution in [3.05, 3.63) is 35.1 Å². The minimum absolute atomic E-state index is 0.0642. The first-order valence-corrected chi connectivity index (χ1v) is 6.67. The van der Waals surface area contributed by atoms with Gasteiger partial charge in [-0.3, -0.25) is 4.90 Å². The third kappa shape index (κ3) is 2.30. The summed E-state index contributed by atoms with van der Waals surface area (Å²) in [4.78, 5) is 2.37. The zero-order valence-corrected chi connectivity index (χ0v) is 10.7. The average molecular weight is 263 g/mol. The van der Waals surface area contributed by atoms with E-state index in [2.05, 4.69) is 10.1 Å². The van der Waals surface area contributed by atoms with Crippen LogP contribution >= 0.6 is 0 Å². The van der Waals surface area contributed by atoms with E-state index in [4.69, 9.17) is 10.9 Å². The van der Waals surface area contributed by atoms with Gasteiger partial charge in [0.1, 0.15) is 5.82 Å². The zero-order chi connectivity index (χ0) is 13.4. The molecule has 2 fully saturated rings. The highest BCUT2D eigenvalue weighted by molar-refractivity contribution is 5.97. The number of rotatable bonds is 3. The molecule has 2 bridgehead atoms. The van der Waals surface area contributed by atoms with Gasteiger partial charge in [0.15, 0.2) is 5.84 Å². The molecule has 0 spiro atoms. The van der Waals surface area contributed by atoms with Crippen LogP contribution in [0.2, 0.25) is 0 Å². The summed E-state index contributed by atoms with van der Waals surface area (Å²) in [5.74, 6) is 0.460. The molecule has 0 radical (unpaired) electrons. The molecule has 1 aromatic rings. The number of hydrogen-bond donors (Lipinski definition) is 2. The third-order valence-electron chi connectivity index (χ3n) is 4.35. The van der Waals surface area contributed by atoms with E-state index >= 15 is 0 Å². The highest BCUT2D eigenvalue weighted by atomic mass is 19.1. The highest BCUT2D eigenvalue weighted by Crippen LogP contribution is 2.38. The van der Waals surface area contributed by atoms with Crippen LogP contribution in [0, 0.1) is 11.7 Å². The minimum atomic E-state index is -0.285. The van der Waals surface area contributed by atoms with Crippen molar-refractivity contribution in [2.45, 2.75) is 31.8 Å². The van der Waals surface area contributed by atoms with Crippen LogP contribution in [0.3, 0.4) is 0 Å². The predicted octanol–water partition coefficient (Wildman–Crippen LogP) is 1.90. The van der Waals surface area contributed by atoms with Gasteiger partial charge in [-0.15, -0.1) is 0 Å². The van der Waals surface area contributed by atoms with Crippen molar-refractivity contribution in [2.24, 2.45) is 16.8 Å². The first kappa shape index (κ1) is 12.4. The predicted molar refractivity (Wildman–Crippen MR) is 70.4 cm³/mol. The van der Waals surface area contributed by atoms with Gasteiger partial charge in [0.05, 0.1) is 0 Å². The molecule has 2 aliphatic rings. The second kappa shape index (κ2) is 4.81. The number of benzene rings is 1. The SMILES string of the molecule is NC(=NO)c1ccc(CN2CC3CCC2C3)c(F)c1. The molecule has 102 valence electrons. The van der Waals surface area contributed by atoms with Crippen LogP contribution in [0.1, 0.15) is 30.4 Å². The summed E-state index contributed by atoms with van der Waals surface area (Å²) in [5.41, 5.74) is 6.54. The van der Waals surface area contributed by atoms with Crippen molar-refractivity contribution >= 4 is 5.84 Å². The molecule has 2 unspecified atom stereocenters. The molecule has 3 rings (SSSR count). The van der Waals surface area contributed by atoms with Crippen LogP contribution in [-0.2, 0) is 6.54 Å². The number of piperidine rings is 1. The molecule has 1 aromatic carbocycles. The van der Waals surface area contributed by atoms with E-state index in [1.165, 1.54) is 25.3 Å². The van der Waals surface area contributed by atoms with Crippen LogP contribution in [0.5, 0.6) is 0 Å². The van der Waals surface area contributed by atoms with Gasteiger partial charge in [0.25, 0.3) is 0 Å². The van der Waals surface area contributed by atoms with E-state index in [0.717, 1.165) is 12.5 Å². The van der Waals surface area contributed by atoms with Gasteiger partial charge in [-0.25, -0.2) is 4.39 Å². The molecule has 2 atom stereocenters. The smallest absolute Gasteiger partial charge is 0.170 e. The number of fused-ring (bicyclic) bond motifs is 2. The van der Waals surface area contributed by atoms with Crippen molar-refractivity contribution in [3.63, 3.8) is 0 Å². The van der Waals surface area contributed by atoms with Gasteiger partial charge < -0.3 is 10.9 Å². The van der Waals surface area contributed by atoms with Crippen molar-refractivity contribution < 1.29 is 9.60 Å². The fraction of sp³-hybridized carbons (Fsp3) is 0.500. The molecule has 19 heavy (non-hydrogen) atoms. The molecule has 3 N–H and O–H groups in total. The lowest BCUT2D eigenvalue weighted by Gasteiger charge is -2.26. The van der Waals surface area contributed by atoms with Crippen molar-refractivity contribution in [1.82, 2.24) is 4.90 Å². The minimum Gasteiger partial charge on any atom is -0.409 e. The second-order valence-electron chi connectivity index (χ2n) is 5.55. The standard InChI is InChI=1S/C14H18FN3O/c15-13-6-10(14(16)17-19)2-3-11(13)8-18-7-9-1-4-12(18)5-9/h2-3,6,9,12,19H,1,4-5,7-8H2,(H2,16,17). The summed E-state index contributed by atoms with van der Waals surface area (Å²) in [5, 5.41) is 11.5. The van der Waals surface area contributed by atoms with E-state index in [0.29, 0.717) is 23.7 Å². The summed E-state index contributed by atoms with van der Waals surface area (Å²) in [6, 6.07) is 5.39. The number of amidine groups is 1. The zero-order valence-electron chi connectivity index (χ0n) is 10.7. The maximum absolute atomic E-state index is 14.0. The quantitative estimate of drug-likeness (QED) is 0.379. The van der Waals surface area contributed by atoms with E-state index in [9.17, 15) is 4.39 Å². The van der Waals surface area contributed by atoms with Crippen LogP contribution in [0.15, 0.2) is 23.4 Å². The number of nitrogens with two attached hydrogens (primary N) is 1. The molecular formula is C14H18FN3O. The Morgan fingerprint density at radius 2 is 2.32 bits per heavy atom. The number of likely N-dealkylation sites (tertiary alicyclic amines) is 1. The monoisotopic (exact) mass is 263 g/mol. The Bertz CT molecular complexity index is 517. The normalized spacial score (nSPS) is 27.1. The lowest BCUT2D eigenvalue weighted by molar-refractivity contribution is 0.203. The maximum atomic E-state index is 14.0. The molecule has 1 aliphatic heterocycles.